The van der Waals surface area contributed by atoms with Crippen molar-refractivity contribution in [3.63, 3.8) is 0 Å². The lowest BCUT2D eigenvalue weighted by atomic mass is 10.2. The number of nitrogens with one attached hydrogen (secondary N) is 1. The summed E-state index contributed by atoms with van der Waals surface area (Å²) < 4.78 is 7.22. The summed E-state index contributed by atoms with van der Waals surface area (Å²) in [4.78, 5) is 22.7. The van der Waals surface area contributed by atoms with E-state index in [0.29, 0.717) is 6.61 Å². The van der Waals surface area contributed by atoms with Crippen LogP contribution in [-0.4, -0.2) is 52.1 Å². The smallest absolute Gasteiger partial charge is 0.268 e. The van der Waals surface area contributed by atoms with Crippen LogP contribution in [0.5, 0.6) is 0 Å². The van der Waals surface area contributed by atoms with Gasteiger partial charge in [0, 0.05) is 44.5 Å². The van der Waals surface area contributed by atoms with Crippen LogP contribution in [0, 0.1) is 6.92 Å². The van der Waals surface area contributed by atoms with Crippen molar-refractivity contribution in [2.24, 2.45) is 7.05 Å². The highest BCUT2D eigenvalue weighted by Crippen LogP contribution is 2.17. The van der Waals surface area contributed by atoms with Gasteiger partial charge in [0.15, 0.2) is 0 Å². The van der Waals surface area contributed by atoms with Crippen LogP contribution in [0.1, 0.15) is 24.7 Å². The molecule has 0 bridgehead atoms. The Balaban J connectivity index is 1.56. The second-order valence-electron chi connectivity index (χ2n) is 6.47. The molecule has 1 atom stereocenters. The van der Waals surface area contributed by atoms with E-state index in [2.05, 4.69) is 32.2 Å². The molecule has 3 rings (SSSR count). The van der Waals surface area contributed by atoms with E-state index >= 15 is 0 Å². The summed E-state index contributed by atoms with van der Waals surface area (Å²) in [6, 6.07) is 1.63. The van der Waals surface area contributed by atoms with Crippen LogP contribution in [0.15, 0.2) is 23.3 Å². The molecule has 8 nitrogen and oxygen atoms in total. The van der Waals surface area contributed by atoms with Crippen molar-refractivity contribution in [1.82, 2.24) is 19.7 Å². The number of aromatic nitrogens is 4. The number of hydrogen-bond acceptors (Lipinski definition) is 7. The quantitative estimate of drug-likeness (QED) is 0.829. The Kier molecular flexibility index (Phi) is 5.82. The molecule has 0 spiro atoms. The van der Waals surface area contributed by atoms with Crippen molar-refractivity contribution in [3.8, 4) is 0 Å². The van der Waals surface area contributed by atoms with Crippen molar-refractivity contribution in [2.75, 3.05) is 36.5 Å². The number of anilines is 2. The van der Waals surface area contributed by atoms with Crippen LogP contribution < -0.4 is 15.8 Å². The van der Waals surface area contributed by atoms with Gasteiger partial charge in [-0.3, -0.25) is 4.79 Å². The third-order valence-electron chi connectivity index (χ3n) is 4.58. The fourth-order valence-corrected chi connectivity index (χ4v) is 3.02. The number of morpholine rings is 1. The molecule has 0 radical (unpaired) electrons. The number of aryl methyl sites for hydroxylation is 3. The topological polar surface area (TPSA) is 85.2 Å². The average molecular weight is 358 g/mol. The third kappa shape index (κ3) is 4.37. The second-order valence-corrected chi connectivity index (χ2v) is 6.47. The van der Waals surface area contributed by atoms with Gasteiger partial charge in [-0.1, -0.05) is 6.92 Å². The summed E-state index contributed by atoms with van der Waals surface area (Å²) in [6.45, 7) is 6.93. The highest BCUT2D eigenvalue weighted by molar-refractivity contribution is 5.44. The molecule has 0 unspecified atom stereocenters. The molecule has 3 heterocycles. The average Bonchev–Trinajstić information content (AvgIpc) is 2.64. The van der Waals surface area contributed by atoms with Gasteiger partial charge in [0.2, 0.25) is 0 Å². The van der Waals surface area contributed by atoms with Gasteiger partial charge in [0.05, 0.1) is 24.6 Å². The number of rotatable bonds is 6. The zero-order chi connectivity index (χ0) is 18.5. The Hall–Kier alpha value is -2.48. The number of nitrogens with zero attached hydrogens (tertiary/aromatic N) is 5. The van der Waals surface area contributed by atoms with Gasteiger partial charge >= 0.3 is 0 Å². The first kappa shape index (κ1) is 18.3. The molecule has 0 amide bonds. The van der Waals surface area contributed by atoms with Crippen molar-refractivity contribution < 1.29 is 4.74 Å². The van der Waals surface area contributed by atoms with Gasteiger partial charge in [0.1, 0.15) is 11.6 Å². The third-order valence-corrected chi connectivity index (χ3v) is 4.58. The highest BCUT2D eigenvalue weighted by atomic mass is 16.5. The minimum Gasteiger partial charge on any atom is -0.374 e. The van der Waals surface area contributed by atoms with Gasteiger partial charge in [-0.05, 0) is 19.8 Å². The minimum absolute atomic E-state index is 0.0987. The van der Waals surface area contributed by atoms with E-state index in [1.807, 2.05) is 13.1 Å². The van der Waals surface area contributed by atoms with Gasteiger partial charge < -0.3 is 15.0 Å². The summed E-state index contributed by atoms with van der Waals surface area (Å²) in [6.07, 6.45) is 5.48. The second kappa shape index (κ2) is 8.27. The van der Waals surface area contributed by atoms with E-state index in [1.54, 1.807) is 19.3 Å². The Morgan fingerprint density at radius 2 is 2.23 bits per heavy atom. The Labute approximate surface area is 153 Å². The molecule has 1 aliphatic heterocycles. The maximum Gasteiger partial charge on any atom is 0.268 e. The van der Waals surface area contributed by atoms with Crippen molar-refractivity contribution in [1.29, 1.82) is 0 Å². The number of ether oxygens (including phenoxy) is 1. The van der Waals surface area contributed by atoms with Crippen molar-refractivity contribution in [3.05, 3.63) is 40.2 Å². The van der Waals surface area contributed by atoms with Crippen LogP contribution in [0.25, 0.3) is 0 Å². The van der Waals surface area contributed by atoms with Gasteiger partial charge in [0.25, 0.3) is 5.56 Å². The molecular formula is C18H26N6O2. The first-order chi connectivity index (χ1) is 12.6. The molecule has 1 N–H and O–H groups in total. The molecule has 0 aliphatic carbocycles. The summed E-state index contributed by atoms with van der Waals surface area (Å²) >= 11 is 0. The van der Waals surface area contributed by atoms with Crippen LogP contribution in [0.3, 0.4) is 0 Å². The van der Waals surface area contributed by atoms with E-state index in [0.717, 1.165) is 55.4 Å². The van der Waals surface area contributed by atoms with E-state index in [4.69, 9.17) is 4.74 Å². The lowest BCUT2D eigenvalue weighted by molar-refractivity contribution is 0.0374. The zero-order valence-corrected chi connectivity index (χ0v) is 15.6. The molecule has 0 saturated carbocycles. The van der Waals surface area contributed by atoms with Crippen molar-refractivity contribution >= 4 is 11.5 Å². The van der Waals surface area contributed by atoms with Crippen molar-refractivity contribution in [2.45, 2.75) is 32.8 Å². The molecule has 2 aromatic rings. The van der Waals surface area contributed by atoms with Crippen LogP contribution in [-0.2, 0) is 18.2 Å². The predicted octanol–water partition coefficient (Wildman–Crippen LogP) is 1.15. The Morgan fingerprint density at radius 1 is 1.38 bits per heavy atom. The summed E-state index contributed by atoms with van der Waals surface area (Å²) in [5.74, 6) is 1.67. The van der Waals surface area contributed by atoms with E-state index in [9.17, 15) is 4.79 Å². The molecule has 0 aromatic carbocycles. The molecule has 26 heavy (non-hydrogen) atoms. The maximum absolute atomic E-state index is 11.8. The normalized spacial score (nSPS) is 17.3. The molecule has 2 aromatic heterocycles. The molecule has 140 valence electrons. The molecule has 1 aliphatic rings. The standard InChI is InChI=1S/C18H26N6O2/c1-4-14-10-20-13(2)22-18(14)19-6-5-16-12-24(7-8-26-16)15-9-17(25)23(3)21-11-15/h9-11,16H,4-8,12H2,1-3H3,(H,19,20,22)/t16-/m1/s1. The van der Waals surface area contributed by atoms with E-state index in [-0.39, 0.29) is 11.7 Å². The fraction of sp³-hybridized carbons (Fsp3) is 0.556. The van der Waals surface area contributed by atoms with Crippen LogP contribution in [0.4, 0.5) is 11.5 Å². The largest absolute Gasteiger partial charge is 0.374 e. The maximum atomic E-state index is 11.8. The lowest BCUT2D eigenvalue weighted by Crippen LogP contribution is -2.43. The van der Waals surface area contributed by atoms with Gasteiger partial charge in [-0.25, -0.2) is 14.6 Å². The van der Waals surface area contributed by atoms with Gasteiger partial charge in [-0.15, -0.1) is 0 Å². The van der Waals surface area contributed by atoms with Gasteiger partial charge in [-0.2, -0.15) is 5.10 Å². The SMILES string of the molecule is CCc1cnc(C)nc1NCC[C@@H]1CN(c2cnn(C)c(=O)c2)CCO1. The molecule has 1 fully saturated rings. The first-order valence-electron chi connectivity index (χ1n) is 9.03. The number of hydrogen-bond donors (Lipinski definition) is 1. The summed E-state index contributed by atoms with van der Waals surface area (Å²) in [7, 11) is 1.65. The van der Waals surface area contributed by atoms with E-state index < -0.39 is 0 Å². The molecule has 8 heteroatoms. The lowest BCUT2D eigenvalue weighted by Gasteiger charge is -2.34. The molecule has 1 saturated heterocycles. The predicted molar refractivity (Wildman–Crippen MR) is 101 cm³/mol. The Bertz CT molecular complexity index is 807. The monoisotopic (exact) mass is 358 g/mol. The summed E-state index contributed by atoms with van der Waals surface area (Å²) in [5.41, 5.74) is 1.88. The Morgan fingerprint density at radius 3 is 3.00 bits per heavy atom. The fourth-order valence-electron chi connectivity index (χ4n) is 3.02. The van der Waals surface area contributed by atoms with Crippen LogP contribution in [0.2, 0.25) is 0 Å². The summed E-state index contributed by atoms with van der Waals surface area (Å²) in [5, 5.41) is 7.51. The molecular weight excluding hydrogens is 332 g/mol. The first-order valence-corrected chi connectivity index (χ1v) is 9.03. The zero-order valence-electron chi connectivity index (χ0n) is 15.6. The highest BCUT2D eigenvalue weighted by Gasteiger charge is 2.21. The van der Waals surface area contributed by atoms with Crippen LogP contribution >= 0.6 is 0 Å². The van der Waals surface area contributed by atoms with E-state index in [1.165, 1.54) is 4.68 Å². The minimum atomic E-state index is -0.0987.